The Morgan fingerprint density at radius 2 is 1.71 bits per heavy atom. The number of hydrogen-bond donors (Lipinski definition) is 1. The molecule has 24 heavy (non-hydrogen) atoms. The molecular weight excluding hydrogens is 304 g/mol. The van der Waals surface area contributed by atoms with E-state index in [9.17, 15) is 9.59 Å². The second-order valence-corrected chi connectivity index (χ2v) is 5.62. The number of nitrogens with one attached hydrogen (secondary N) is 1. The lowest BCUT2D eigenvalue weighted by Gasteiger charge is -2.16. The summed E-state index contributed by atoms with van der Waals surface area (Å²) in [6.07, 6.45) is 0. The molecule has 0 aliphatic carbocycles. The average Bonchev–Trinajstić information content (AvgIpc) is 3.07. The summed E-state index contributed by atoms with van der Waals surface area (Å²) in [7, 11) is 0. The van der Waals surface area contributed by atoms with E-state index in [1.807, 2.05) is 49.4 Å². The number of allylic oxidation sites excluding steroid dienone is 1. The van der Waals surface area contributed by atoms with Gasteiger partial charge in [-0.1, -0.05) is 30.3 Å². The number of ether oxygens (including phenoxy) is 1. The predicted octanol–water partition coefficient (Wildman–Crippen LogP) is 3.05. The third kappa shape index (κ3) is 2.06. The summed E-state index contributed by atoms with van der Waals surface area (Å²) in [6, 6.07) is 14.7. The normalized spacial score (nSPS) is 18.6. The Bertz CT molecular complexity index is 886. The number of carbonyl (C=O) groups is 2. The molecule has 0 atom stereocenters. The molecule has 0 saturated carbocycles. The van der Waals surface area contributed by atoms with Crippen molar-refractivity contribution in [2.45, 2.75) is 6.92 Å². The number of carbonyl (C=O) groups excluding carboxylic acids is 2. The van der Waals surface area contributed by atoms with Crippen molar-refractivity contribution < 1.29 is 14.3 Å². The van der Waals surface area contributed by atoms with Gasteiger partial charge in [0.1, 0.15) is 12.4 Å². The van der Waals surface area contributed by atoms with Crippen LogP contribution in [-0.4, -0.2) is 25.0 Å². The topological polar surface area (TPSA) is 58.6 Å². The monoisotopic (exact) mass is 320 g/mol. The Hall–Kier alpha value is -2.92. The van der Waals surface area contributed by atoms with Crippen molar-refractivity contribution in [3.8, 4) is 0 Å². The standard InChI is InChI=1S/C19H16N2O3/c1-2-24-11-21-15-10-6-4-8-13(15)16(19(21)23)17-18(22)12-7-3-5-9-14(12)20-17/h3-10,20H,2,11H2,1H3/b17-16-. The highest BCUT2D eigenvalue weighted by atomic mass is 16.5. The molecule has 4 rings (SSSR count). The van der Waals surface area contributed by atoms with Crippen molar-refractivity contribution in [2.24, 2.45) is 0 Å². The number of anilines is 2. The van der Waals surface area contributed by atoms with Crippen LogP contribution in [0.15, 0.2) is 54.2 Å². The molecule has 2 aliphatic rings. The predicted molar refractivity (Wildman–Crippen MR) is 91.7 cm³/mol. The molecule has 0 aromatic heterocycles. The van der Waals surface area contributed by atoms with Crippen molar-refractivity contribution >= 4 is 28.6 Å². The van der Waals surface area contributed by atoms with Crippen LogP contribution in [0.5, 0.6) is 0 Å². The molecule has 0 unspecified atom stereocenters. The van der Waals surface area contributed by atoms with Crippen molar-refractivity contribution in [3.63, 3.8) is 0 Å². The van der Waals surface area contributed by atoms with Crippen LogP contribution in [0, 0.1) is 0 Å². The second-order valence-electron chi connectivity index (χ2n) is 5.62. The number of fused-ring (bicyclic) bond motifs is 2. The van der Waals surface area contributed by atoms with Crippen LogP contribution in [0.4, 0.5) is 11.4 Å². The molecule has 1 N–H and O–H groups in total. The van der Waals surface area contributed by atoms with Crippen LogP contribution in [0.2, 0.25) is 0 Å². The highest BCUT2D eigenvalue weighted by Crippen LogP contribution is 2.41. The Morgan fingerprint density at radius 1 is 1.00 bits per heavy atom. The summed E-state index contributed by atoms with van der Waals surface area (Å²) < 4.78 is 5.42. The number of Topliss-reactive ketones (excluding diaryl/α,β-unsaturated/α-hetero) is 1. The first-order chi connectivity index (χ1) is 11.7. The van der Waals surface area contributed by atoms with E-state index in [-0.39, 0.29) is 18.4 Å². The van der Waals surface area contributed by atoms with Crippen LogP contribution in [0.1, 0.15) is 22.8 Å². The molecule has 0 fully saturated rings. The van der Waals surface area contributed by atoms with Crippen LogP contribution in [-0.2, 0) is 9.53 Å². The number of ketones is 1. The third-order valence-corrected chi connectivity index (χ3v) is 4.26. The zero-order valence-electron chi connectivity index (χ0n) is 13.2. The Labute approximate surface area is 139 Å². The molecule has 5 heteroatoms. The summed E-state index contributed by atoms with van der Waals surface area (Å²) >= 11 is 0. The van der Waals surface area contributed by atoms with Gasteiger partial charge in [0.2, 0.25) is 5.78 Å². The third-order valence-electron chi connectivity index (χ3n) is 4.26. The minimum atomic E-state index is -0.215. The van der Waals surface area contributed by atoms with Crippen LogP contribution >= 0.6 is 0 Å². The van der Waals surface area contributed by atoms with E-state index >= 15 is 0 Å². The lowest BCUT2D eigenvalue weighted by molar-refractivity contribution is -0.114. The summed E-state index contributed by atoms with van der Waals surface area (Å²) in [5, 5.41) is 3.12. The van der Waals surface area contributed by atoms with Gasteiger partial charge in [-0.15, -0.1) is 0 Å². The molecule has 2 aromatic carbocycles. The maximum atomic E-state index is 12.9. The first-order valence-electron chi connectivity index (χ1n) is 7.86. The average molecular weight is 320 g/mol. The van der Waals surface area contributed by atoms with Crippen molar-refractivity contribution in [1.29, 1.82) is 0 Å². The molecule has 2 heterocycles. The van der Waals surface area contributed by atoms with Gasteiger partial charge in [0, 0.05) is 23.4 Å². The Balaban J connectivity index is 1.85. The largest absolute Gasteiger partial charge is 0.361 e. The summed E-state index contributed by atoms with van der Waals surface area (Å²) in [4.78, 5) is 27.3. The number of benzene rings is 2. The maximum Gasteiger partial charge on any atom is 0.263 e. The van der Waals surface area contributed by atoms with Crippen molar-refractivity contribution in [2.75, 3.05) is 23.6 Å². The minimum absolute atomic E-state index is 0.151. The number of nitrogens with zero attached hydrogens (tertiary/aromatic N) is 1. The molecule has 5 nitrogen and oxygen atoms in total. The number of amides is 1. The fourth-order valence-electron chi connectivity index (χ4n) is 3.12. The van der Waals surface area contributed by atoms with E-state index in [0.717, 1.165) is 16.9 Å². The van der Waals surface area contributed by atoms with E-state index in [1.54, 1.807) is 11.0 Å². The zero-order valence-corrected chi connectivity index (χ0v) is 13.2. The molecule has 2 aliphatic heterocycles. The van der Waals surface area contributed by atoms with Gasteiger partial charge >= 0.3 is 0 Å². The van der Waals surface area contributed by atoms with E-state index in [4.69, 9.17) is 4.74 Å². The molecular formula is C19H16N2O3. The smallest absolute Gasteiger partial charge is 0.263 e. The molecule has 120 valence electrons. The highest BCUT2D eigenvalue weighted by Gasteiger charge is 2.38. The molecule has 0 saturated heterocycles. The van der Waals surface area contributed by atoms with E-state index in [2.05, 4.69) is 5.32 Å². The minimum Gasteiger partial charge on any atom is -0.361 e. The molecule has 0 bridgehead atoms. The molecule has 0 radical (unpaired) electrons. The lowest BCUT2D eigenvalue weighted by atomic mass is 10.0. The van der Waals surface area contributed by atoms with Crippen molar-refractivity contribution in [3.05, 3.63) is 65.4 Å². The number of para-hydroxylation sites is 2. The van der Waals surface area contributed by atoms with E-state index in [1.165, 1.54) is 0 Å². The fraction of sp³-hybridized carbons (Fsp3) is 0.158. The van der Waals surface area contributed by atoms with Gasteiger partial charge < -0.3 is 10.1 Å². The lowest BCUT2D eigenvalue weighted by Crippen LogP contribution is -2.29. The maximum absolute atomic E-state index is 12.9. The molecule has 1 amide bonds. The summed E-state index contributed by atoms with van der Waals surface area (Å²) in [5.74, 6) is -0.365. The van der Waals surface area contributed by atoms with Gasteiger partial charge in [-0.25, -0.2) is 0 Å². The summed E-state index contributed by atoms with van der Waals surface area (Å²) in [6.45, 7) is 2.56. The quantitative estimate of drug-likeness (QED) is 0.883. The number of rotatable bonds is 3. The summed E-state index contributed by atoms with van der Waals surface area (Å²) in [5.41, 5.74) is 3.60. The van der Waals surface area contributed by atoms with Gasteiger partial charge in [0.15, 0.2) is 0 Å². The van der Waals surface area contributed by atoms with Crippen molar-refractivity contribution in [1.82, 2.24) is 0 Å². The first-order valence-corrected chi connectivity index (χ1v) is 7.86. The SMILES string of the molecule is CCOCN1C(=O)/C(=C2\Nc3ccccc3C2=O)c2ccccc21. The molecule has 2 aromatic rings. The van der Waals surface area contributed by atoms with Gasteiger partial charge in [0.05, 0.1) is 11.3 Å². The fourth-order valence-corrected chi connectivity index (χ4v) is 3.12. The van der Waals surface area contributed by atoms with E-state index < -0.39 is 0 Å². The first kappa shape index (κ1) is 14.7. The van der Waals surface area contributed by atoms with E-state index in [0.29, 0.717) is 23.4 Å². The second kappa shape index (κ2) is 5.62. The molecule has 0 spiro atoms. The Morgan fingerprint density at radius 3 is 2.46 bits per heavy atom. The number of hydrogen-bond acceptors (Lipinski definition) is 4. The van der Waals surface area contributed by atoms with Crippen LogP contribution in [0.25, 0.3) is 5.57 Å². The highest BCUT2D eigenvalue weighted by molar-refractivity contribution is 6.39. The van der Waals surface area contributed by atoms with Gasteiger partial charge in [0.25, 0.3) is 5.91 Å². The van der Waals surface area contributed by atoms with Gasteiger partial charge in [-0.2, -0.15) is 0 Å². The zero-order chi connectivity index (χ0) is 16.7. The van der Waals surface area contributed by atoms with Gasteiger partial charge in [-0.05, 0) is 25.1 Å². The van der Waals surface area contributed by atoms with Gasteiger partial charge in [-0.3, -0.25) is 14.5 Å². The van der Waals surface area contributed by atoms with Crippen LogP contribution in [0.3, 0.4) is 0 Å². The van der Waals surface area contributed by atoms with Crippen LogP contribution < -0.4 is 10.2 Å². The Kier molecular flexibility index (Phi) is 3.43.